The maximum absolute atomic E-state index is 13.3. The summed E-state index contributed by atoms with van der Waals surface area (Å²) in [6, 6.07) is 15.0. The normalized spacial score (nSPS) is 13.2. The van der Waals surface area contributed by atoms with Gasteiger partial charge in [-0.3, -0.25) is 14.4 Å². The number of aryl methyl sites for hydroxylation is 1. The maximum atomic E-state index is 13.3. The van der Waals surface area contributed by atoms with Crippen LogP contribution in [0.3, 0.4) is 0 Å². The zero-order valence-corrected chi connectivity index (χ0v) is 19.7. The second-order valence-corrected chi connectivity index (χ2v) is 10.9. The van der Waals surface area contributed by atoms with Crippen LogP contribution >= 0.6 is 11.3 Å². The minimum absolute atomic E-state index is 0.0145. The Hall–Kier alpha value is -3.70. The highest BCUT2D eigenvalue weighted by molar-refractivity contribution is 7.95. The molecule has 0 fully saturated rings. The molecule has 1 aliphatic heterocycles. The Kier molecular flexibility index (Phi) is 6.40. The summed E-state index contributed by atoms with van der Waals surface area (Å²) in [5.41, 5.74) is 1.04. The van der Waals surface area contributed by atoms with E-state index in [-0.39, 0.29) is 34.5 Å². The number of aromatic hydroxyl groups is 1. The monoisotopic (exact) mass is 499 g/mol. The third-order valence-corrected chi connectivity index (χ3v) is 8.36. The van der Waals surface area contributed by atoms with Crippen LogP contribution in [0.15, 0.2) is 64.9 Å². The third kappa shape index (κ3) is 4.66. The number of hydrogen-bond acceptors (Lipinski definition) is 7. The first-order chi connectivity index (χ1) is 16.2. The van der Waals surface area contributed by atoms with Crippen molar-refractivity contribution >= 4 is 56.1 Å². The number of amides is 3. The molecule has 2 heterocycles. The van der Waals surface area contributed by atoms with Gasteiger partial charge in [0, 0.05) is 17.7 Å². The number of carbonyl (C=O) groups excluding carboxylic acids is 3. The Labute approximate surface area is 200 Å². The number of phenols is 1. The van der Waals surface area contributed by atoms with E-state index in [1.165, 1.54) is 35.2 Å². The van der Waals surface area contributed by atoms with E-state index in [9.17, 15) is 27.9 Å². The SMILES string of the molecule is Cc1ccc(S(=O)(=O)N(C(=O)CCC(=O)N2CC(=O)Nc3ccccc32)c2ccc(O)cc2)s1. The molecule has 2 aromatic carbocycles. The molecule has 0 radical (unpaired) electrons. The zero-order valence-electron chi connectivity index (χ0n) is 18.1. The molecule has 0 saturated carbocycles. The topological polar surface area (TPSA) is 124 Å². The van der Waals surface area contributed by atoms with Gasteiger partial charge >= 0.3 is 0 Å². The van der Waals surface area contributed by atoms with Crippen molar-refractivity contribution in [3.8, 4) is 5.75 Å². The highest BCUT2D eigenvalue weighted by atomic mass is 32.2. The van der Waals surface area contributed by atoms with Gasteiger partial charge in [-0.15, -0.1) is 11.3 Å². The van der Waals surface area contributed by atoms with Crippen molar-refractivity contribution in [2.75, 3.05) is 21.1 Å². The van der Waals surface area contributed by atoms with E-state index in [1.807, 2.05) is 0 Å². The Bertz CT molecular complexity index is 1370. The first-order valence-corrected chi connectivity index (χ1v) is 12.6. The quantitative estimate of drug-likeness (QED) is 0.537. The Balaban J connectivity index is 1.59. The predicted octanol–water partition coefficient (Wildman–Crippen LogP) is 3.25. The molecule has 3 aromatic rings. The molecule has 0 unspecified atom stereocenters. The number of rotatable bonds is 6. The van der Waals surface area contributed by atoms with Crippen LogP contribution in [0.4, 0.5) is 17.1 Å². The summed E-state index contributed by atoms with van der Waals surface area (Å²) in [7, 11) is -4.24. The molecular formula is C23H21N3O6S2. The van der Waals surface area contributed by atoms with E-state index in [1.54, 1.807) is 37.3 Å². The van der Waals surface area contributed by atoms with Gasteiger partial charge in [-0.25, -0.2) is 4.31 Å². The van der Waals surface area contributed by atoms with Crippen LogP contribution in [0.5, 0.6) is 5.75 Å². The van der Waals surface area contributed by atoms with Crippen LogP contribution in [0.25, 0.3) is 0 Å². The average Bonchev–Trinajstić information content (AvgIpc) is 3.25. The van der Waals surface area contributed by atoms with Crippen LogP contribution in [0, 0.1) is 6.92 Å². The fraction of sp³-hybridized carbons (Fsp3) is 0.174. The molecule has 11 heteroatoms. The van der Waals surface area contributed by atoms with Gasteiger partial charge in [-0.2, -0.15) is 8.42 Å². The molecular weight excluding hydrogens is 478 g/mol. The van der Waals surface area contributed by atoms with Crippen LogP contribution in [0.2, 0.25) is 0 Å². The van der Waals surface area contributed by atoms with E-state index in [0.717, 1.165) is 16.2 Å². The summed E-state index contributed by atoms with van der Waals surface area (Å²) in [6.45, 7) is 1.56. The number of sulfonamides is 1. The van der Waals surface area contributed by atoms with Crippen LogP contribution < -0.4 is 14.5 Å². The summed E-state index contributed by atoms with van der Waals surface area (Å²) in [5.74, 6) is -1.73. The lowest BCUT2D eigenvalue weighted by Crippen LogP contribution is -2.43. The molecule has 0 atom stereocenters. The third-order valence-electron chi connectivity index (χ3n) is 5.15. The minimum atomic E-state index is -4.24. The number of benzene rings is 2. The molecule has 1 aliphatic rings. The predicted molar refractivity (Wildman–Crippen MR) is 128 cm³/mol. The summed E-state index contributed by atoms with van der Waals surface area (Å²) < 4.78 is 27.3. The number of anilines is 3. The Morgan fingerprint density at radius 2 is 1.76 bits per heavy atom. The standard InChI is InChI=1S/C23H21N3O6S2/c1-15-6-13-23(33-15)34(31,32)26(16-7-9-17(27)10-8-16)22(30)12-11-21(29)25-14-20(28)24-18-4-2-3-5-19(18)25/h2-10,13,27H,11-12,14H2,1H3,(H,24,28). The van der Waals surface area contributed by atoms with Crippen molar-refractivity contribution in [3.05, 3.63) is 65.5 Å². The molecule has 0 aliphatic carbocycles. The van der Waals surface area contributed by atoms with Crippen molar-refractivity contribution < 1.29 is 27.9 Å². The largest absolute Gasteiger partial charge is 0.508 e. The Morgan fingerprint density at radius 1 is 1.06 bits per heavy atom. The molecule has 176 valence electrons. The second-order valence-electron chi connectivity index (χ2n) is 7.59. The highest BCUT2D eigenvalue weighted by Gasteiger charge is 2.33. The van der Waals surface area contributed by atoms with Gasteiger partial charge in [0.2, 0.25) is 17.7 Å². The number of fused-ring (bicyclic) bond motifs is 1. The number of para-hydroxylation sites is 2. The van der Waals surface area contributed by atoms with Gasteiger partial charge in [0.05, 0.1) is 17.1 Å². The summed E-state index contributed by atoms with van der Waals surface area (Å²) in [6.07, 6.45) is -0.697. The van der Waals surface area contributed by atoms with E-state index in [0.29, 0.717) is 15.7 Å². The van der Waals surface area contributed by atoms with Gasteiger partial charge in [0.15, 0.2) is 0 Å². The number of thiophene rings is 1. The van der Waals surface area contributed by atoms with Crippen molar-refractivity contribution in [3.63, 3.8) is 0 Å². The van der Waals surface area contributed by atoms with Crippen molar-refractivity contribution in [1.29, 1.82) is 0 Å². The molecule has 3 amide bonds. The fourth-order valence-corrected chi connectivity index (χ4v) is 6.36. The first-order valence-electron chi connectivity index (χ1n) is 10.3. The van der Waals surface area contributed by atoms with Crippen LogP contribution in [0.1, 0.15) is 17.7 Å². The summed E-state index contributed by atoms with van der Waals surface area (Å²) in [4.78, 5) is 40.2. The molecule has 0 spiro atoms. The lowest BCUT2D eigenvalue weighted by molar-refractivity contribution is -0.124. The first kappa shape index (κ1) is 23.5. The van der Waals surface area contributed by atoms with Crippen LogP contribution in [-0.2, 0) is 24.4 Å². The van der Waals surface area contributed by atoms with E-state index < -0.39 is 28.3 Å². The van der Waals surface area contributed by atoms with Gasteiger partial charge in [-0.05, 0) is 55.5 Å². The van der Waals surface area contributed by atoms with Gasteiger partial charge in [-0.1, -0.05) is 12.1 Å². The van der Waals surface area contributed by atoms with E-state index >= 15 is 0 Å². The van der Waals surface area contributed by atoms with Crippen molar-refractivity contribution in [1.82, 2.24) is 0 Å². The minimum Gasteiger partial charge on any atom is -0.508 e. The molecule has 2 N–H and O–H groups in total. The highest BCUT2D eigenvalue weighted by Crippen LogP contribution is 2.32. The Morgan fingerprint density at radius 3 is 2.44 bits per heavy atom. The lowest BCUT2D eigenvalue weighted by atomic mass is 10.1. The van der Waals surface area contributed by atoms with Crippen molar-refractivity contribution in [2.24, 2.45) is 0 Å². The smallest absolute Gasteiger partial charge is 0.280 e. The molecule has 0 bridgehead atoms. The fourth-order valence-electron chi connectivity index (χ4n) is 3.55. The number of hydrogen-bond donors (Lipinski definition) is 2. The molecule has 0 saturated heterocycles. The molecule has 1 aromatic heterocycles. The molecule has 9 nitrogen and oxygen atoms in total. The zero-order chi connectivity index (χ0) is 24.5. The maximum Gasteiger partial charge on any atom is 0.280 e. The number of nitrogens with zero attached hydrogens (tertiary/aromatic N) is 2. The lowest BCUT2D eigenvalue weighted by Gasteiger charge is -2.29. The average molecular weight is 500 g/mol. The molecule has 34 heavy (non-hydrogen) atoms. The number of carbonyl (C=O) groups is 3. The van der Waals surface area contributed by atoms with Gasteiger partial charge < -0.3 is 15.3 Å². The van der Waals surface area contributed by atoms with Gasteiger partial charge in [0.25, 0.3) is 10.0 Å². The number of nitrogens with one attached hydrogen (secondary N) is 1. The van der Waals surface area contributed by atoms with Crippen LogP contribution in [-0.4, -0.2) is 37.8 Å². The molecule has 4 rings (SSSR count). The summed E-state index contributed by atoms with van der Waals surface area (Å²) >= 11 is 1.03. The number of phenolic OH excluding ortho intramolecular Hbond substituents is 1. The van der Waals surface area contributed by atoms with Gasteiger partial charge in [0.1, 0.15) is 16.5 Å². The van der Waals surface area contributed by atoms with Crippen molar-refractivity contribution in [2.45, 2.75) is 24.0 Å². The van der Waals surface area contributed by atoms with E-state index in [4.69, 9.17) is 0 Å². The van der Waals surface area contributed by atoms with E-state index in [2.05, 4.69) is 5.32 Å². The second kappa shape index (κ2) is 9.27. The summed E-state index contributed by atoms with van der Waals surface area (Å²) in [5, 5.41) is 12.3.